The Morgan fingerprint density at radius 2 is 2.00 bits per heavy atom. The number of nitrogens with one attached hydrogen (secondary N) is 2. The maximum atomic E-state index is 13.2. The van der Waals surface area contributed by atoms with Gasteiger partial charge in [0.25, 0.3) is 11.5 Å². The zero-order valence-electron chi connectivity index (χ0n) is 14.9. The highest BCUT2D eigenvalue weighted by Crippen LogP contribution is 2.22. The van der Waals surface area contributed by atoms with Crippen molar-refractivity contribution in [1.82, 2.24) is 20.1 Å². The molecular formula is C20H17FN4O3. The third-order valence-electron chi connectivity index (χ3n) is 4.43. The highest BCUT2D eigenvalue weighted by molar-refractivity contribution is 6.06. The molecule has 2 aromatic heterocycles. The number of aromatic amines is 1. The summed E-state index contributed by atoms with van der Waals surface area (Å²) < 4.78 is 14.5. The molecule has 4 rings (SSSR count). The van der Waals surface area contributed by atoms with E-state index in [1.807, 2.05) is 0 Å². The highest BCUT2D eigenvalue weighted by atomic mass is 19.1. The molecule has 0 spiro atoms. The molecule has 2 aromatic carbocycles. The number of nitrogens with zero attached hydrogens (tertiary/aromatic N) is 2. The highest BCUT2D eigenvalue weighted by Gasteiger charge is 2.14. The lowest BCUT2D eigenvalue weighted by Crippen LogP contribution is -2.30. The van der Waals surface area contributed by atoms with E-state index in [9.17, 15) is 19.1 Å². The Hall–Kier alpha value is -3.52. The lowest BCUT2D eigenvalue weighted by Gasteiger charge is -2.08. The summed E-state index contributed by atoms with van der Waals surface area (Å²) in [4.78, 5) is 29.3. The summed E-state index contributed by atoms with van der Waals surface area (Å²) >= 11 is 0. The Morgan fingerprint density at radius 1 is 1.25 bits per heavy atom. The summed E-state index contributed by atoms with van der Waals surface area (Å²) in [5.41, 5.74) is 1.70. The zero-order chi connectivity index (χ0) is 19.8. The van der Waals surface area contributed by atoms with Crippen molar-refractivity contribution in [3.8, 4) is 5.69 Å². The minimum Gasteiger partial charge on any atom is -0.392 e. The first-order valence-electron chi connectivity index (χ1n) is 8.70. The van der Waals surface area contributed by atoms with E-state index in [1.54, 1.807) is 25.1 Å². The van der Waals surface area contributed by atoms with Crippen LogP contribution in [0.25, 0.3) is 27.5 Å². The van der Waals surface area contributed by atoms with Crippen molar-refractivity contribution >= 4 is 27.7 Å². The van der Waals surface area contributed by atoms with E-state index < -0.39 is 11.9 Å². The Kier molecular flexibility index (Phi) is 4.40. The number of aliphatic hydroxyl groups is 1. The van der Waals surface area contributed by atoms with Crippen LogP contribution >= 0.6 is 0 Å². The van der Waals surface area contributed by atoms with Gasteiger partial charge < -0.3 is 10.4 Å². The van der Waals surface area contributed by atoms with Gasteiger partial charge in [0.1, 0.15) is 5.82 Å². The molecule has 3 N–H and O–H groups in total. The molecule has 0 saturated carbocycles. The molecule has 0 fully saturated rings. The number of hydrogen-bond acceptors (Lipinski definition) is 4. The van der Waals surface area contributed by atoms with Crippen LogP contribution in [0.2, 0.25) is 0 Å². The van der Waals surface area contributed by atoms with Gasteiger partial charge in [0.2, 0.25) is 0 Å². The van der Waals surface area contributed by atoms with Gasteiger partial charge >= 0.3 is 0 Å². The molecule has 0 aliphatic carbocycles. The fourth-order valence-corrected chi connectivity index (χ4v) is 3.01. The standard InChI is InChI=1S/C20H17FN4O3/c1-11(26)9-23-19(27)12-2-7-17-15(8-12)18-16(10-22-17)20(28)25(24-18)14-5-3-13(21)4-6-14/h2-8,10-11,24,26H,9H2,1H3,(H,23,27). The summed E-state index contributed by atoms with van der Waals surface area (Å²) in [5, 5.41) is 16.0. The molecule has 0 aliphatic rings. The summed E-state index contributed by atoms with van der Waals surface area (Å²) in [6.45, 7) is 1.72. The molecule has 0 aliphatic heterocycles. The van der Waals surface area contributed by atoms with E-state index in [0.29, 0.717) is 33.1 Å². The van der Waals surface area contributed by atoms with Crippen molar-refractivity contribution < 1.29 is 14.3 Å². The van der Waals surface area contributed by atoms with Gasteiger partial charge in [-0.15, -0.1) is 0 Å². The smallest absolute Gasteiger partial charge is 0.280 e. The zero-order valence-corrected chi connectivity index (χ0v) is 14.9. The number of benzene rings is 2. The Bertz CT molecular complexity index is 1240. The van der Waals surface area contributed by atoms with Gasteiger partial charge in [-0.05, 0) is 49.4 Å². The monoisotopic (exact) mass is 380 g/mol. The topological polar surface area (TPSA) is 100 Å². The first-order chi connectivity index (χ1) is 13.4. The summed E-state index contributed by atoms with van der Waals surface area (Å²) in [6.07, 6.45) is 0.822. The molecule has 0 saturated heterocycles. The number of halogens is 1. The molecule has 7 nitrogen and oxygen atoms in total. The van der Waals surface area contributed by atoms with Gasteiger partial charge in [0, 0.05) is 23.7 Å². The lowest BCUT2D eigenvalue weighted by molar-refractivity contribution is 0.0924. The maximum absolute atomic E-state index is 13.2. The van der Waals surface area contributed by atoms with Crippen molar-refractivity contribution in [2.24, 2.45) is 0 Å². The van der Waals surface area contributed by atoms with Gasteiger partial charge in [-0.3, -0.25) is 19.7 Å². The molecule has 142 valence electrons. The van der Waals surface area contributed by atoms with Gasteiger partial charge in [0.15, 0.2) is 0 Å². The first kappa shape index (κ1) is 17.9. The van der Waals surface area contributed by atoms with Crippen molar-refractivity contribution in [1.29, 1.82) is 0 Å². The second-order valence-electron chi connectivity index (χ2n) is 6.57. The minimum absolute atomic E-state index is 0.136. The second-order valence-corrected chi connectivity index (χ2v) is 6.57. The predicted molar refractivity (Wildman–Crippen MR) is 103 cm³/mol. The maximum Gasteiger partial charge on any atom is 0.280 e. The number of carbonyl (C=O) groups is 1. The average Bonchev–Trinajstić information content (AvgIpc) is 3.03. The molecule has 0 radical (unpaired) electrons. The van der Waals surface area contributed by atoms with E-state index in [1.165, 1.54) is 35.1 Å². The van der Waals surface area contributed by atoms with Gasteiger partial charge in [-0.25, -0.2) is 9.07 Å². The SMILES string of the molecule is CC(O)CNC(=O)c1ccc2ncc3c(=O)n(-c4ccc(F)cc4)[nH]c3c2c1. The number of hydrogen-bond donors (Lipinski definition) is 3. The van der Waals surface area contributed by atoms with Crippen LogP contribution in [0, 0.1) is 5.82 Å². The molecule has 1 unspecified atom stereocenters. The number of pyridine rings is 1. The normalized spacial score (nSPS) is 12.4. The van der Waals surface area contributed by atoms with Crippen LogP contribution in [0.5, 0.6) is 0 Å². The number of aliphatic hydroxyl groups excluding tert-OH is 1. The lowest BCUT2D eigenvalue weighted by atomic mass is 10.1. The third kappa shape index (κ3) is 3.14. The number of rotatable bonds is 4. The van der Waals surface area contributed by atoms with Crippen molar-refractivity contribution in [3.05, 3.63) is 70.4 Å². The van der Waals surface area contributed by atoms with E-state index in [4.69, 9.17) is 0 Å². The molecule has 28 heavy (non-hydrogen) atoms. The number of aromatic nitrogens is 3. The summed E-state index contributed by atoms with van der Waals surface area (Å²) in [7, 11) is 0. The van der Waals surface area contributed by atoms with Crippen molar-refractivity contribution in [2.45, 2.75) is 13.0 Å². The van der Waals surface area contributed by atoms with Crippen LogP contribution in [-0.2, 0) is 0 Å². The van der Waals surface area contributed by atoms with Crippen LogP contribution < -0.4 is 10.9 Å². The van der Waals surface area contributed by atoms with E-state index in [-0.39, 0.29) is 18.0 Å². The number of fused-ring (bicyclic) bond motifs is 3. The number of H-pyrrole nitrogens is 1. The van der Waals surface area contributed by atoms with Crippen molar-refractivity contribution in [2.75, 3.05) is 6.54 Å². The summed E-state index contributed by atoms with van der Waals surface area (Å²) in [5.74, 6) is -0.729. The van der Waals surface area contributed by atoms with Gasteiger partial charge in [0.05, 0.1) is 28.2 Å². The molecule has 1 amide bonds. The average molecular weight is 380 g/mol. The van der Waals surface area contributed by atoms with E-state index in [0.717, 1.165) is 0 Å². The second kappa shape index (κ2) is 6.90. The third-order valence-corrected chi connectivity index (χ3v) is 4.43. The quantitative estimate of drug-likeness (QED) is 0.505. The first-order valence-corrected chi connectivity index (χ1v) is 8.70. The fourth-order valence-electron chi connectivity index (χ4n) is 3.01. The van der Waals surface area contributed by atoms with Crippen LogP contribution in [0.15, 0.2) is 53.5 Å². The van der Waals surface area contributed by atoms with Gasteiger partial charge in [-0.2, -0.15) is 0 Å². The van der Waals surface area contributed by atoms with Crippen LogP contribution in [0.3, 0.4) is 0 Å². The van der Waals surface area contributed by atoms with Gasteiger partial charge in [-0.1, -0.05) is 0 Å². The largest absolute Gasteiger partial charge is 0.392 e. The fraction of sp³-hybridized carbons (Fsp3) is 0.150. The molecule has 0 bridgehead atoms. The molecule has 1 atom stereocenters. The molecule has 8 heteroatoms. The van der Waals surface area contributed by atoms with E-state index >= 15 is 0 Å². The Morgan fingerprint density at radius 3 is 2.71 bits per heavy atom. The molecule has 2 heterocycles. The number of carbonyl (C=O) groups excluding carboxylic acids is 1. The Labute approximate surface area is 158 Å². The van der Waals surface area contributed by atoms with Crippen LogP contribution in [0.4, 0.5) is 4.39 Å². The Balaban J connectivity index is 1.85. The molecular weight excluding hydrogens is 363 g/mol. The van der Waals surface area contributed by atoms with Crippen LogP contribution in [-0.4, -0.2) is 38.4 Å². The predicted octanol–water partition coefficient (Wildman–Crippen LogP) is 2.12. The van der Waals surface area contributed by atoms with Crippen LogP contribution in [0.1, 0.15) is 17.3 Å². The molecule has 4 aromatic rings. The number of amides is 1. The summed E-state index contributed by atoms with van der Waals surface area (Å²) in [6, 6.07) is 10.5. The van der Waals surface area contributed by atoms with Crippen molar-refractivity contribution in [3.63, 3.8) is 0 Å². The minimum atomic E-state index is -0.654. The van der Waals surface area contributed by atoms with E-state index in [2.05, 4.69) is 15.4 Å².